The highest BCUT2D eigenvalue weighted by Gasteiger charge is 2.35. The Kier molecular flexibility index (Phi) is 3.52. The normalized spacial score (nSPS) is 21.5. The largest absolute Gasteiger partial charge is 0.337 e. The van der Waals surface area contributed by atoms with Gasteiger partial charge in [-0.15, -0.1) is 0 Å². The van der Waals surface area contributed by atoms with E-state index in [1.807, 2.05) is 45.0 Å². The number of tetrazole rings is 1. The van der Waals surface area contributed by atoms with E-state index >= 15 is 0 Å². The summed E-state index contributed by atoms with van der Waals surface area (Å²) in [5.74, 6) is 1.36. The lowest BCUT2D eigenvalue weighted by molar-refractivity contribution is 0.579. The zero-order valence-corrected chi connectivity index (χ0v) is 13.3. The van der Waals surface area contributed by atoms with Crippen LogP contribution in [-0.4, -0.2) is 48.0 Å². The molecule has 0 N–H and O–H groups in total. The SMILES string of the molecule is Cc1ccc(-n2nnnc2N2CC[S@@](=O)C(C)(C)C2)cc1. The average Bonchev–Trinajstić information content (AvgIpc) is 2.92. The minimum absolute atomic E-state index is 0.248. The maximum absolute atomic E-state index is 12.0. The number of hydrogen-bond acceptors (Lipinski definition) is 5. The Morgan fingerprint density at radius 3 is 2.62 bits per heavy atom. The van der Waals surface area contributed by atoms with Crippen LogP contribution < -0.4 is 4.90 Å². The molecule has 0 amide bonds. The third-order valence-electron chi connectivity index (χ3n) is 3.75. The van der Waals surface area contributed by atoms with Gasteiger partial charge in [0.05, 0.1) is 10.4 Å². The molecule has 1 atom stereocenters. The van der Waals surface area contributed by atoms with Gasteiger partial charge < -0.3 is 4.90 Å². The van der Waals surface area contributed by atoms with Crippen LogP contribution in [-0.2, 0) is 10.8 Å². The summed E-state index contributed by atoms with van der Waals surface area (Å²) < 4.78 is 13.5. The third kappa shape index (κ3) is 2.70. The zero-order valence-electron chi connectivity index (χ0n) is 12.5. The fourth-order valence-electron chi connectivity index (χ4n) is 2.48. The van der Waals surface area contributed by atoms with Gasteiger partial charge in [0.25, 0.3) is 0 Å². The fraction of sp³-hybridized carbons (Fsp3) is 0.500. The Balaban J connectivity index is 1.92. The first-order valence-electron chi connectivity index (χ1n) is 6.96. The predicted molar refractivity (Wildman–Crippen MR) is 83.2 cm³/mol. The minimum Gasteiger partial charge on any atom is -0.337 e. The highest BCUT2D eigenvalue weighted by Crippen LogP contribution is 2.25. The molecule has 0 radical (unpaired) electrons. The van der Waals surface area contributed by atoms with Gasteiger partial charge in [-0.05, 0) is 43.3 Å². The topological polar surface area (TPSA) is 63.9 Å². The Morgan fingerprint density at radius 1 is 1.24 bits per heavy atom. The molecule has 2 aromatic rings. The van der Waals surface area contributed by atoms with Gasteiger partial charge in [0, 0.05) is 29.6 Å². The van der Waals surface area contributed by atoms with Crippen LogP contribution in [0.3, 0.4) is 0 Å². The lowest BCUT2D eigenvalue weighted by Gasteiger charge is -2.37. The van der Waals surface area contributed by atoms with E-state index in [0.717, 1.165) is 5.69 Å². The molecule has 1 saturated heterocycles. The summed E-state index contributed by atoms with van der Waals surface area (Å²) in [5, 5.41) is 12.1. The summed E-state index contributed by atoms with van der Waals surface area (Å²) in [6, 6.07) is 8.08. The van der Waals surface area contributed by atoms with Crippen molar-refractivity contribution in [3.8, 4) is 5.69 Å². The van der Waals surface area contributed by atoms with Crippen LogP contribution in [0.1, 0.15) is 19.4 Å². The van der Waals surface area contributed by atoms with E-state index in [1.165, 1.54) is 5.56 Å². The summed E-state index contributed by atoms with van der Waals surface area (Å²) in [7, 11) is -0.807. The lowest BCUT2D eigenvalue weighted by atomic mass is 10.2. The molecule has 21 heavy (non-hydrogen) atoms. The van der Waals surface area contributed by atoms with Gasteiger partial charge in [0.2, 0.25) is 5.95 Å². The van der Waals surface area contributed by atoms with Crippen molar-refractivity contribution < 1.29 is 4.21 Å². The first-order chi connectivity index (χ1) is 9.97. The summed E-state index contributed by atoms with van der Waals surface area (Å²) in [6.07, 6.45) is 0. The first-order valence-corrected chi connectivity index (χ1v) is 8.28. The molecule has 1 fully saturated rings. The van der Waals surface area contributed by atoms with E-state index in [1.54, 1.807) is 4.68 Å². The highest BCUT2D eigenvalue weighted by atomic mass is 32.2. The van der Waals surface area contributed by atoms with Crippen molar-refractivity contribution in [2.45, 2.75) is 25.5 Å². The summed E-state index contributed by atoms with van der Waals surface area (Å²) >= 11 is 0. The Hall–Kier alpha value is -1.76. The number of hydrogen-bond donors (Lipinski definition) is 0. The Morgan fingerprint density at radius 2 is 1.95 bits per heavy atom. The van der Waals surface area contributed by atoms with Gasteiger partial charge in [-0.1, -0.05) is 22.8 Å². The number of anilines is 1. The third-order valence-corrected chi connectivity index (χ3v) is 5.66. The molecule has 0 unspecified atom stereocenters. The van der Waals surface area contributed by atoms with Gasteiger partial charge in [0.15, 0.2) is 0 Å². The molecule has 1 aromatic carbocycles. The molecule has 3 rings (SSSR count). The molecule has 2 heterocycles. The zero-order chi connectivity index (χ0) is 15.0. The maximum Gasteiger partial charge on any atom is 0.250 e. The quantitative estimate of drug-likeness (QED) is 0.837. The monoisotopic (exact) mass is 305 g/mol. The summed E-state index contributed by atoms with van der Waals surface area (Å²) in [6.45, 7) is 7.49. The Bertz CT molecular complexity index is 664. The van der Waals surface area contributed by atoms with E-state index in [2.05, 4.69) is 20.4 Å². The van der Waals surface area contributed by atoms with E-state index in [4.69, 9.17) is 0 Å². The highest BCUT2D eigenvalue weighted by molar-refractivity contribution is 7.86. The van der Waals surface area contributed by atoms with Gasteiger partial charge in [-0.3, -0.25) is 4.21 Å². The van der Waals surface area contributed by atoms with Crippen LogP contribution in [0.5, 0.6) is 0 Å². The molecular weight excluding hydrogens is 286 g/mol. The van der Waals surface area contributed by atoms with Crippen molar-refractivity contribution in [2.24, 2.45) is 0 Å². The second kappa shape index (κ2) is 5.22. The van der Waals surface area contributed by atoms with Gasteiger partial charge in [-0.2, -0.15) is 4.68 Å². The molecule has 1 aromatic heterocycles. The van der Waals surface area contributed by atoms with Gasteiger partial charge in [-0.25, -0.2) is 0 Å². The van der Waals surface area contributed by atoms with Crippen LogP contribution in [0, 0.1) is 6.92 Å². The van der Waals surface area contributed by atoms with Crippen molar-refractivity contribution in [1.29, 1.82) is 0 Å². The molecule has 0 saturated carbocycles. The van der Waals surface area contributed by atoms with Gasteiger partial charge >= 0.3 is 0 Å². The second-order valence-electron chi connectivity index (χ2n) is 5.96. The van der Waals surface area contributed by atoms with Crippen molar-refractivity contribution in [2.75, 3.05) is 23.7 Å². The number of nitrogens with zero attached hydrogens (tertiary/aromatic N) is 5. The first kappa shape index (κ1) is 14.2. The average molecular weight is 305 g/mol. The molecule has 1 aliphatic heterocycles. The molecular formula is C14H19N5OS. The van der Waals surface area contributed by atoms with Crippen molar-refractivity contribution in [3.63, 3.8) is 0 Å². The van der Waals surface area contributed by atoms with E-state index in [0.29, 0.717) is 24.8 Å². The number of aryl methyl sites for hydroxylation is 1. The van der Waals surface area contributed by atoms with E-state index in [9.17, 15) is 4.21 Å². The van der Waals surface area contributed by atoms with Crippen LogP contribution in [0.15, 0.2) is 24.3 Å². The number of aromatic nitrogens is 4. The Labute approximate surface area is 126 Å². The molecule has 112 valence electrons. The second-order valence-corrected chi connectivity index (χ2v) is 8.16. The minimum atomic E-state index is -0.807. The lowest BCUT2D eigenvalue weighted by Crippen LogP contribution is -2.50. The standard InChI is InChI=1S/C14H19N5OS/c1-11-4-6-12(7-5-11)19-13(15-16-17-19)18-8-9-21(20)14(2,3)10-18/h4-7H,8-10H2,1-3H3/t21-/m1/s1. The molecule has 6 nitrogen and oxygen atoms in total. The van der Waals surface area contributed by atoms with E-state index in [-0.39, 0.29) is 4.75 Å². The fourth-order valence-corrected chi connectivity index (χ4v) is 3.72. The number of rotatable bonds is 2. The van der Waals surface area contributed by atoms with Gasteiger partial charge in [0.1, 0.15) is 0 Å². The van der Waals surface area contributed by atoms with Crippen LogP contribution >= 0.6 is 0 Å². The molecule has 0 aliphatic carbocycles. The molecule has 1 aliphatic rings. The molecule has 0 spiro atoms. The van der Waals surface area contributed by atoms with Crippen LogP contribution in [0.25, 0.3) is 5.69 Å². The maximum atomic E-state index is 12.0. The smallest absolute Gasteiger partial charge is 0.250 e. The number of benzene rings is 1. The molecule has 0 bridgehead atoms. The van der Waals surface area contributed by atoms with Crippen molar-refractivity contribution in [1.82, 2.24) is 20.2 Å². The van der Waals surface area contributed by atoms with Crippen molar-refractivity contribution >= 4 is 16.7 Å². The van der Waals surface area contributed by atoms with E-state index < -0.39 is 10.8 Å². The van der Waals surface area contributed by atoms with Crippen molar-refractivity contribution in [3.05, 3.63) is 29.8 Å². The van der Waals surface area contributed by atoms with Crippen LogP contribution in [0.2, 0.25) is 0 Å². The molecule has 7 heteroatoms. The summed E-state index contributed by atoms with van der Waals surface area (Å²) in [5.41, 5.74) is 2.13. The van der Waals surface area contributed by atoms with Crippen LogP contribution in [0.4, 0.5) is 5.95 Å². The predicted octanol–water partition coefficient (Wildman–Crippen LogP) is 1.32. The summed E-state index contributed by atoms with van der Waals surface area (Å²) in [4.78, 5) is 2.11.